The molecule has 1 aromatic heterocycles. The van der Waals surface area contributed by atoms with Crippen molar-refractivity contribution >= 4 is 10.9 Å². The van der Waals surface area contributed by atoms with Crippen molar-refractivity contribution in [3.05, 3.63) is 35.5 Å². The standard InChI is InChI=1S/C15H17NO/c1-10-8-11(2)16-15-7-6-13(9-14(10)15)17-12-4-3-5-12/h6-9,12H,3-5H2,1-2H3. The monoisotopic (exact) mass is 227 g/mol. The van der Waals surface area contributed by atoms with E-state index in [1.165, 1.54) is 30.2 Å². The molecule has 88 valence electrons. The summed E-state index contributed by atoms with van der Waals surface area (Å²) in [7, 11) is 0. The summed E-state index contributed by atoms with van der Waals surface area (Å²) in [6, 6.07) is 8.33. The molecule has 1 saturated carbocycles. The third kappa shape index (κ3) is 1.99. The lowest BCUT2D eigenvalue weighted by molar-refractivity contribution is 0.120. The van der Waals surface area contributed by atoms with Crippen LogP contribution in [0.1, 0.15) is 30.5 Å². The number of rotatable bonds is 2. The van der Waals surface area contributed by atoms with Gasteiger partial charge in [0.05, 0.1) is 11.6 Å². The molecule has 2 aromatic rings. The molecule has 1 heterocycles. The fourth-order valence-corrected chi connectivity index (χ4v) is 2.30. The Morgan fingerprint density at radius 3 is 2.71 bits per heavy atom. The van der Waals surface area contributed by atoms with Crippen molar-refractivity contribution in [2.75, 3.05) is 0 Å². The molecule has 0 spiro atoms. The van der Waals surface area contributed by atoms with Gasteiger partial charge in [0.15, 0.2) is 0 Å². The van der Waals surface area contributed by atoms with Gasteiger partial charge in [-0.15, -0.1) is 0 Å². The van der Waals surface area contributed by atoms with Crippen LogP contribution < -0.4 is 4.74 Å². The fourth-order valence-electron chi connectivity index (χ4n) is 2.30. The van der Waals surface area contributed by atoms with Gasteiger partial charge in [0.2, 0.25) is 0 Å². The largest absolute Gasteiger partial charge is 0.490 e. The highest BCUT2D eigenvalue weighted by atomic mass is 16.5. The molecule has 0 amide bonds. The van der Waals surface area contributed by atoms with Crippen LogP contribution in [0.5, 0.6) is 5.75 Å². The van der Waals surface area contributed by atoms with Crippen molar-refractivity contribution in [3.8, 4) is 5.75 Å². The summed E-state index contributed by atoms with van der Waals surface area (Å²) >= 11 is 0. The molecule has 0 saturated heterocycles. The average Bonchev–Trinajstić information content (AvgIpc) is 2.24. The highest BCUT2D eigenvalue weighted by molar-refractivity contribution is 5.83. The first kappa shape index (κ1) is 10.6. The van der Waals surface area contributed by atoms with Crippen LogP contribution in [-0.4, -0.2) is 11.1 Å². The first-order valence-electron chi connectivity index (χ1n) is 6.27. The van der Waals surface area contributed by atoms with Gasteiger partial charge in [-0.2, -0.15) is 0 Å². The minimum Gasteiger partial charge on any atom is -0.490 e. The highest BCUT2D eigenvalue weighted by Crippen LogP contribution is 2.28. The molecule has 0 aliphatic heterocycles. The molecule has 0 unspecified atom stereocenters. The number of aromatic nitrogens is 1. The van der Waals surface area contributed by atoms with E-state index in [-0.39, 0.29) is 0 Å². The van der Waals surface area contributed by atoms with Crippen LogP contribution in [0.3, 0.4) is 0 Å². The second-order valence-corrected chi connectivity index (χ2v) is 4.93. The lowest BCUT2D eigenvalue weighted by Crippen LogP contribution is -2.24. The van der Waals surface area contributed by atoms with Gasteiger partial charge in [-0.05, 0) is 62.9 Å². The highest BCUT2D eigenvalue weighted by Gasteiger charge is 2.19. The van der Waals surface area contributed by atoms with Gasteiger partial charge in [0.25, 0.3) is 0 Å². The molecular weight excluding hydrogens is 210 g/mol. The molecule has 1 aliphatic carbocycles. The summed E-state index contributed by atoms with van der Waals surface area (Å²) in [5, 5.41) is 1.20. The fraction of sp³-hybridized carbons (Fsp3) is 0.400. The number of fused-ring (bicyclic) bond motifs is 1. The lowest BCUT2D eigenvalue weighted by atomic mass is 9.96. The second kappa shape index (κ2) is 4.02. The predicted molar refractivity (Wildman–Crippen MR) is 69.5 cm³/mol. The maximum absolute atomic E-state index is 5.92. The molecule has 2 nitrogen and oxygen atoms in total. The zero-order valence-electron chi connectivity index (χ0n) is 10.4. The predicted octanol–water partition coefficient (Wildman–Crippen LogP) is 3.78. The van der Waals surface area contributed by atoms with Crippen molar-refractivity contribution in [2.45, 2.75) is 39.2 Å². The number of ether oxygens (including phenoxy) is 1. The van der Waals surface area contributed by atoms with Crippen LogP contribution in [-0.2, 0) is 0 Å². The van der Waals surface area contributed by atoms with E-state index >= 15 is 0 Å². The van der Waals surface area contributed by atoms with E-state index in [1.807, 2.05) is 13.0 Å². The minimum atomic E-state index is 0.436. The normalized spacial score (nSPS) is 15.9. The van der Waals surface area contributed by atoms with E-state index in [2.05, 4.69) is 30.1 Å². The smallest absolute Gasteiger partial charge is 0.120 e. The van der Waals surface area contributed by atoms with Gasteiger partial charge < -0.3 is 4.74 Å². The van der Waals surface area contributed by atoms with E-state index in [9.17, 15) is 0 Å². The molecule has 3 rings (SSSR count). The van der Waals surface area contributed by atoms with Crippen molar-refractivity contribution < 1.29 is 4.74 Å². The zero-order chi connectivity index (χ0) is 11.8. The molecule has 17 heavy (non-hydrogen) atoms. The van der Waals surface area contributed by atoms with Crippen molar-refractivity contribution in [1.29, 1.82) is 0 Å². The Morgan fingerprint density at radius 1 is 1.18 bits per heavy atom. The summed E-state index contributed by atoms with van der Waals surface area (Å²) in [4.78, 5) is 4.54. The van der Waals surface area contributed by atoms with Crippen molar-refractivity contribution in [1.82, 2.24) is 4.98 Å². The Morgan fingerprint density at radius 2 is 2.00 bits per heavy atom. The summed E-state index contributed by atoms with van der Waals surface area (Å²) in [6.45, 7) is 4.16. The molecule has 0 bridgehead atoms. The lowest BCUT2D eigenvalue weighted by Gasteiger charge is -2.26. The van der Waals surface area contributed by atoms with Gasteiger partial charge in [-0.1, -0.05) is 0 Å². The number of pyridine rings is 1. The van der Waals surface area contributed by atoms with Gasteiger partial charge in [-0.3, -0.25) is 4.98 Å². The summed E-state index contributed by atoms with van der Waals surface area (Å²) in [5.74, 6) is 0.982. The molecule has 1 fully saturated rings. The van der Waals surface area contributed by atoms with E-state index in [0.717, 1.165) is 17.0 Å². The van der Waals surface area contributed by atoms with Gasteiger partial charge in [0, 0.05) is 11.1 Å². The van der Waals surface area contributed by atoms with Crippen LogP contribution >= 0.6 is 0 Å². The second-order valence-electron chi connectivity index (χ2n) is 4.93. The Labute approximate surface area is 102 Å². The van der Waals surface area contributed by atoms with Crippen LogP contribution in [0.2, 0.25) is 0 Å². The average molecular weight is 227 g/mol. The van der Waals surface area contributed by atoms with Gasteiger partial charge >= 0.3 is 0 Å². The molecule has 0 radical (unpaired) electrons. The Hall–Kier alpha value is -1.57. The van der Waals surface area contributed by atoms with Gasteiger partial charge in [-0.25, -0.2) is 0 Å². The van der Waals surface area contributed by atoms with Gasteiger partial charge in [0.1, 0.15) is 5.75 Å². The molecule has 0 N–H and O–H groups in total. The first-order chi connectivity index (χ1) is 8.22. The zero-order valence-corrected chi connectivity index (χ0v) is 10.4. The van der Waals surface area contributed by atoms with E-state index in [1.54, 1.807) is 0 Å². The maximum atomic E-state index is 5.92. The number of hydrogen-bond acceptors (Lipinski definition) is 2. The number of aryl methyl sites for hydroxylation is 2. The molecule has 0 atom stereocenters. The summed E-state index contributed by atoms with van der Waals surface area (Å²) in [5.41, 5.74) is 3.40. The van der Waals surface area contributed by atoms with Crippen molar-refractivity contribution in [2.24, 2.45) is 0 Å². The Balaban J connectivity index is 1.99. The molecular formula is C15H17NO. The third-order valence-corrected chi connectivity index (χ3v) is 3.47. The molecule has 2 heteroatoms. The maximum Gasteiger partial charge on any atom is 0.120 e. The Bertz CT molecular complexity index is 558. The van der Waals surface area contributed by atoms with Crippen molar-refractivity contribution in [3.63, 3.8) is 0 Å². The molecule has 1 aliphatic rings. The van der Waals surface area contributed by atoms with Crippen LogP contribution in [0.25, 0.3) is 10.9 Å². The number of nitrogens with zero attached hydrogens (tertiary/aromatic N) is 1. The van der Waals surface area contributed by atoms with Crippen LogP contribution in [0, 0.1) is 13.8 Å². The third-order valence-electron chi connectivity index (χ3n) is 3.47. The van der Waals surface area contributed by atoms with E-state index in [4.69, 9.17) is 4.74 Å². The Kier molecular flexibility index (Phi) is 2.50. The summed E-state index contributed by atoms with van der Waals surface area (Å²) < 4.78 is 5.92. The molecule has 1 aromatic carbocycles. The number of hydrogen-bond donors (Lipinski definition) is 0. The minimum absolute atomic E-state index is 0.436. The van der Waals surface area contributed by atoms with E-state index in [0.29, 0.717) is 6.10 Å². The van der Waals surface area contributed by atoms with Crippen LogP contribution in [0.4, 0.5) is 0 Å². The first-order valence-corrected chi connectivity index (χ1v) is 6.27. The van der Waals surface area contributed by atoms with E-state index < -0.39 is 0 Å². The number of benzene rings is 1. The quantitative estimate of drug-likeness (QED) is 0.778. The summed E-state index contributed by atoms with van der Waals surface area (Å²) in [6.07, 6.45) is 4.14. The van der Waals surface area contributed by atoms with Crippen LogP contribution in [0.15, 0.2) is 24.3 Å². The topological polar surface area (TPSA) is 22.1 Å². The SMILES string of the molecule is Cc1cc(C)c2cc(OC3CCC3)ccc2n1.